The summed E-state index contributed by atoms with van der Waals surface area (Å²) in [5.41, 5.74) is 3.79. The molecule has 0 aliphatic carbocycles. The van der Waals surface area contributed by atoms with E-state index < -0.39 is 0 Å². The number of aliphatic imine (C=N–C) groups is 1. The van der Waals surface area contributed by atoms with Crippen LogP contribution in [0.5, 0.6) is 0 Å². The standard InChI is InChI=1S/C18H22N2OS.ClH/c1-13-17(22-18(21)20-13)9-5-8-16-12-15(10-11-19-16)14-6-3-2-4-7-14;/h2-4,6-7,10,16-17,19H,5,8-9,11-12H2,1H3;1H. The van der Waals surface area contributed by atoms with E-state index in [1.54, 1.807) is 0 Å². The molecule has 5 heteroatoms. The first kappa shape index (κ1) is 18.2. The van der Waals surface area contributed by atoms with Gasteiger partial charge in [-0.25, -0.2) is 4.99 Å². The largest absolute Gasteiger partial charge is 0.310 e. The molecule has 2 unspecified atom stereocenters. The van der Waals surface area contributed by atoms with Gasteiger partial charge in [-0.15, -0.1) is 12.4 Å². The summed E-state index contributed by atoms with van der Waals surface area (Å²) in [7, 11) is 0. The summed E-state index contributed by atoms with van der Waals surface area (Å²) < 4.78 is 0. The minimum Gasteiger partial charge on any atom is -0.310 e. The van der Waals surface area contributed by atoms with Crippen molar-refractivity contribution in [2.75, 3.05) is 6.54 Å². The van der Waals surface area contributed by atoms with Crippen LogP contribution in [-0.4, -0.2) is 28.8 Å². The maximum Gasteiger partial charge on any atom is 0.305 e. The average Bonchev–Trinajstić information content (AvgIpc) is 2.86. The van der Waals surface area contributed by atoms with Crippen LogP contribution in [0, 0.1) is 0 Å². The average molecular weight is 351 g/mol. The number of hydrogen-bond acceptors (Lipinski definition) is 3. The maximum absolute atomic E-state index is 11.3. The van der Waals surface area contributed by atoms with Crippen LogP contribution in [0.15, 0.2) is 41.4 Å². The first-order valence-corrected chi connectivity index (χ1v) is 8.84. The zero-order valence-electron chi connectivity index (χ0n) is 13.3. The van der Waals surface area contributed by atoms with Crippen molar-refractivity contribution < 1.29 is 4.79 Å². The minimum absolute atomic E-state index is 0. The molecule has 1 amide bonds. The second-order valence-electron chi connectivity index (χ2n) is 5.96. The lowest BCUT2D eigenvalue weighted by Crippen LogP contribution is -2.33. The first-order valence-electron chi connectivity index (χ1n) is 7.96. The third kappa shape index (κ3) is 4.93. The second-order valence-corrected chi connectivity index (χ2v) is 7.12. The Labute approximate surface area is 148 Å². The summed E-state index contributed by atoms with van der Waals surface area (Å²) in [6.45, 7) is 2.92. The molecule has 3 rings (SSSR count). The highest BCUT2D eigenvalue weighted by atomic mass is 35.5. The minimum atomic E-state index is -0.0208. The molecule has 1 N–H and O–H groups in total. The number of carbonyl (C=O) groups is 1. The molecule has 0 radical (unpaired) electrons. The molecule has 3 nitrogen and oxygen atoms in total. The van der Waals surface area contributed by atoms with Gasteiger partial charge in [-0.2, -0.15) is 0 Å². The van der Waals surface area contributed by atoms with E-state index in [0.717, 1.165) is 37.9 Å². The van der Waals surface area contributed by atoms with Crippen LogP contribution in [0.1, 0.15) is 38.2 Å². The maximum atomic E-state index is 11.3. The zero-order chi connectivity index (χ0) is 15.4. The normalized spacial score (nSPS) is 24.0. The molecule has 0 bridgehead atoms. The molecule has 2 atom stereocenters. The molecule has 0 fully saturated rings. The first-order chi connectivity index (χ1) is 10.7. The van der Waals surface area contributed by atoms with E-state index in [1.807, 2.05) is 6.92 Å². The number of carbonyl (C=O) groups excluding carboxylic acids is 1. The highest BCUT2D eigenvalue weighted by Gasteiger charge is 2.24. The smallest absolute Gasteiger partial charge is 0.305 e. The molecule has 1 aromatic carbocycles. The Hall–Kier alpha value is -1.10. The number of rotatable bonds is 5. The van der Waals surface area contributed by atoms with Crippen molar-refractivity contribution in [3.05, 3.63) is 42.0 Å². The zero-order valence-corrected chi connectivity index (χ0v) is 15.0. The molecular formula is C18H23ClN2OS. The fourth-order valence-corrected chi connectivity index (χ4v) is 4.08. The molecule has 2 aliphatic rings. The monoisotopic (exact) mass is 350 g/mol. The van der Waals surface area contributed by atoms with Crippen molar-refractivity contribution >= 4 is 40.7 Å². The highest BCUT2D eigenvalue weighted by Crippen LogP contribution is 2.29. The summed E-state index contributed by atoms with van der Waals surface area (Å²) in [5, 5.41) is 3.87. The Morgan fingerprint density at radius 1 is 1.26 bits per heavy atom. The Bertz CT molecular complexity index is 600. The molecule has 2 aliphatic heterocycles. The SMILES string of the molecule is CC1=NC(=O)SC1CCCC1CC(c2ccccc2)=CCN1.Cl. The molecule has 23 heavy (non-hydrogen) atoms. The predicted octanol–water partition coefficient (Wildman–Crippen LogP) is 4.72. The van der Waals surface area contributed by atoms with Gasteiger partial charge in [0.1, 0.15) is 0 Å². The summed E-state index contributed by atoms with van der Waals surface area (Å²) in [4.78, 5) is 15.3. The van der Waals surface area contributed by atoms with Crippen molar-refractivity contribution in [3.63, 3.8) is 0 Å². The lowest BCUT2D eigenvalue weighted by atomic mass is 9.92. The predicted molar refractivity (Wildman–Crippen MR) is 102 cm³/mol. The number of halogens is 1. The number of nitrogens with zero attached hydrogens (tertiary/aromatic N) is 1. The van der Waals surface area contributed by atoms with Gasteiger partial charge in [0.25, 0.3) is 0 Å². The Morgan fingerprint density at radius 2 is 2.04 bits per heavy atom. The van der Waals surface area contributed by atoms with Gasteiger partial charge in [0, 0.05) is 18.3 Å². The third-order valence-corrected chi connectivity index (χ3v) is 5.52. The van der Waals surface area contributed by atoms with E-state index in [2.05, 4.69) is 46.7 Å². The quantitative estimate of drug-likeness (QED) is 0.835. The van der Waals surface area contributed by atoms with Gasteiger partial charge < -0.3 is 5.32 Å². The molecule has 2 heterocycles. The summed E-state index contributed by atoms with van der Waals surface area (Å²) >= 11 is 1.38. The third-order valence-electron chi connectivity index (χ3n) is 4.36. The molecule has 0 spiro atoms. The van der Waals surface area contributed by atoms with Crippen molar-refractivity contribution in [2.24, 2.45) is 4.99 Å². The second kappa shape index (κ2) is 8.67. The Morgan fingerprint density at radius 3 is 2.74 bits per heavy atom. The Kier molecular flexibility index (Phi) is 6.88. The van der Waals surface area contributed by atoms with Crippen LogP contribution in [0.25, 0.3) is 5.57 Å². The summed E-state index contributed by atoms with van der Waals surface area (Å²) in [5.74, 6) is 0. The molecule has 0 aromatic heterocycles. The van der Waals surface area contributed by atoms with E-state index in [0.29, 0.717) is 11.3 Å². The number of thioether (sulfide) groups is 1. The van der Waals surface area contributed by atoms with Crippen LogP contribution < -0.4 is 5.32 Å². The van der Waals surface area contributed by atoms with E-state index in [4.69, 9.17) is 0 Å². The van der Waals surface area contributed by atoms with Crippen molar-refractivity contribution in [1.29, 1.82) is 0 Å². The number of amides is 1. The lowest BCUT2D eigenvalue weighted by Gasteiger charge is -2.25. The highest BCUT2D eigenvalue weighted by molar-refractivity contribution is 8.15. The Balaban J connectivity index is 0.00000192. The van der Waals surface area contributed by atoms with E-state index in [1.165, 1.54) is 22.9 Å². The van der Waals surface area contributed by atoms with Crippen LogP contribution in [0.2, 0.25) is 0 Å². The lowest BCUT2D eigenvalue weighted by molar-refractivity contribution is 0.268. The van der Waals surface area contributed by atoms with Gasteiger partial charge >= 0.3 is 5.24 Å². The van der Waals surface area contributed by atoms with E-state index in [9.17, 15) is 4.79 Å². The van der Waals surface area contributed by atoms with E-state index in [-0.39, 0.29) is 17.6 Å². The van der Waals surface area contributed by atoms with Gasteiger partial charge in [0.05, 0.1) is 5.25 Å². The van der Waals surface area contributed by atoms with Crippen LogP contribution in [0.4, 0.5) is 4.79 Å². The molecule has 124 valence electrons. The van der Waals surface area contributed by atoms with Crippen LogP contribution in [-0.2, 0) is 0 Å². The van der Waals surface area contributed by atoms with Gasteiger partial charge in [0.15, 0.2) is 0 Å². The molecular weight excluding hydrogens is 328 g/mol. The van der Waals surface area contributed by atoms with Crippen molar-refractivity contribution in [3.8, 4) is 0 Å². The fourth-order valence-electron chi connectivity index (χ4n) is 3.13. The molecule has 0 saturated carbocycles. The number of hydrogen-bond donors (Lipinski definition) is 1. The van der Waals surface area contributed by atoms with Crippen LogP contribution in [0.3, 0.4) is 0 Å². The summed E-state index contributed by atoms with van der Waals surface area (Å²) in [6, 6.07) is 11.2. The van der Waals surface area contributed by atoms with Crippen molar-refractivity contribution in [2.45, 2.75) is 43.9 Å². The number of benzene rings is 1. The van der Waals surface area contributed by atoms with Gasteiger partial charge in [0.2, 0.25) is 0 Å². The topological polar surface area (TPSA) is 41.5 Å². The molecule has 0 saturated heterocycles. The van der Waals surface area contributed by atoms with Gasteiger partial charge in [-0.05, 0) is 37.3 Å². The van der Waals surface area contributed by atoms with Gasteiger partial charge in [-0.1, -0.05) is 54.6 Å². The van der Waals surface area contributed by atoms with Crippen LogP contribution >= 0.6 is 24.2 Å². The number of nitrogens with one attached hydrogen (secondary N) is 1. The van der Waals surface area contributed by atoms with E-state index >= 15 is 0 Å². The molecule has 1 aromatic rings. The van der Waals surface area contributed by atoms with Crippen molar-refractivity contribution in [1.82, 2.24) is 5.32 Å². The fraction of sp³-hybridized carbons (Fsp3) is 0.444. The van der Waals surface area contributed by atoms with Gasteiger partial charge in [-0.3, -0.25) is 4.79 Å². The summed E-state index contributed by atoms with van der Waals surface area (Å²) in [6.07, 6.45) is 6.73.